The monoisotopic (exact) mass is 263 g/mol. The van der Waals surface area contributed by atoms with Crippen LogP contribution < -0.4 is 5.32 Å². The van der Waals surface area contributed by atoms with Crippen LogP contribution in [0.3, 0.4) is 0 Å². The van der Waals surface area contributed by atoms with E-state index in [0.29, 0.717) is 5.92 Å². The number of aryl methyl sites for hydroxylation is 2. The molecule has 98 valence electrons. The van der Waals surface area contributed by atoms with E-state index in [4.69, 9.17) is 0 Å². The minimum absolute atomic E-state index is 0.687. The van der Waals surface area contributed by atoms with Crippen molar-refractivity contribution in [3.63, 3.8) is 0 Å². The molecule has 2 heterocycles. The lowest BCUT2D eigenvalue weighted by Gasteiger charge is -2.09. The summed E-state index contributed by atoms with van der Waals surface area (Å²) in [6, 6.07) is 6.39. The van der Waals surface area contributed by atoms with E-state index in [2.05, 4.69) is 52.5 Å². The zero-order valence-corrected chi connectivity index (χ0v) is 11.9. The Kier molecular flexibility index (Phi) is 4.96. The Morgan fingerprint density at radius 3 is 3.00 bits per heavy atom. The van der Waals surface area contributed by atoms with Crippen LogP contribution in [-0.4, -0.2) is 16.3 Å². The number of hydrogen-bond acceptors (Lipinski definition) is 3. The summed E-state index contributed by atoms with van der Waals surface area (Å²) >= 11 is 1.82. The van der Waals surface area contributed by atoms with Gasteiger partial charge in [0.15, 0.2) is 0 Å². The van der Waals surface area contributed by atoms with Gasteiger partial charge in [-0.25, -0.2) is 0 Å². The van der Waals surface area contributed by atoms with Gasteiger partial charge >= 0.3 is 0 Å². The average Bonchev–Trinajstić information content (AvgIpc) is 2.96. The predicted octanol–water partition coefficient (Wildman–Crippen LogP) is 2.93. The van der Waals surface area contributed by atoms with Gasteiger partial charge in [0.25, 0.3) is 0 Å². The van der Waals surface area contributed by atoms with Gasteiger partial charge in [-0.3, -0.25) is 4.68 Å². The fourth-order valence-electron chi connectivity index (χ4n) is 1.87. The Hall–Kier alpha value is -1.13. The fraction of sp³-hybridized carbons (Fsp3) is 0.500. The maximum atomic E-state index is 4.39. The van der Waals surface area contributed by atoms with Crippen LogP contribution >= 0.6 is 11.3 Å². The number of hydrogen-bond donors (Lipinski definition) is 1. The Balaban J connectivity index is 1.83. The summed E-state index contributed by atoms with van der Waals surface area (Å²) in [5.41, 5.74) is 1.27. The zero-order chi connectivity index (χ0) is 12.8. The Labute approximate surface area is 113 Å². The molecular weight excluding hydrogens is 242 g/mol. The van der Waals surface area contributed by atoms with Gasteiger partial charge in [-0.05, 0) is 30.0 Å². The lowest BCUT2D eigenvalue weighted by atomic mass is 10.2. The third-order valence-corrected chi connectivity index (χ3v) is 3.75. The third kappa shape index (κ3) is 3.96. The van der Waals surface area contributed by atoms with Crippen molar-refractivity contribution in [2.75, 3.05) is 6.54 Å². The predicted molar refractivity (Wildman–Crippen MR) is 76.8 cm³/mol. The Morgan fingerprint density at radius 1 is 1.39 bits per heavy atom. The van der Waals surface area contributed by atoms with Crippen LogP contribution in [0.5, 0.6) is 0 Å². The molecule has 0 spiro atoms. The van der Waals surface area contributed by atoms with E-state index in [1.807, 2.05) is 17.5 Å². The highest BCUT2D eigenvalue weighted by atomic mass is 32.1. The van der Waals surface area contributed by atoms with E-state index < -0.39 is 0 Å². The van der Waals surface area contributed by atoms with Crippen molar-refractivity contribution in [3.8, 4) is 0 Å². The highest BCUT2D eigenvalue weighted by molar-refractivity contribution is 7.09. The molecule has 0 radical (unpaired) electrons. The van der Waals surface area contributed by atoms with Crippen LogP contribution in [0.2, 0.25) is 0 Å². The van der Waals surface area contributed by atoms with E-state index in [-0.39, 0.29) is 0 Å². The molecule has 0 bridgehead atoms. The molecule has 0 aliphatic heterocycles. The van der Waals surface area contributed by atoms with Crippen molar-refractivity contribution in [1.82, 2.24) is 15.1 Å². The first kappa shape index (κ1) is 13.3. The third-order valence-electron chi connectivity index (χ3n) is 2.81. The van der Waals surface area contributed by atoms with E-state index >= 15 is 0 Å². The lowest BCUT2D eigenvalue weighted by Crippen LogP contribution is -2.21. The van der Waals surface area contributed by atoms with E-state index in [1.165, 1.54) is 10.6 Å². The summed E-state index contributed by atoms with van der Waals surface area (Å²) in [7, 11) is 0. The Morgan fingerprint density at radius 2 is 2.28 bits per heavy atom. The van der Waals surface area contributed by atoms with Crippen LogP contribution in [0, 0.1) is 5.92 Å². The molecule has 2 rings (SSSR count). The number of thiophene rings is 1. The van der Waals surface area contributed by atoms with Crippen molar-refractivity contribution in [2.24, 2.45) is 5.92 Å². The smallest absolute Gasteiger partial charge is 0.0522 e. The van der Waals surface area contributed by atoms with Gasteiger partial charge in [-0.2, -0.15) is 5.10 Å². The summed E-state index contributed by atoms with van der Waals surface area (Å²) < 4.78 is 2.10. The summed E-state index contributed by atoms with van der Waals surface area (Å²) in [6.07, 6.45) is 2.96. The first-order chi connectivity index (χ1) is 8.75. The molecule has 0 fully saturated rings. The number of nitrogens with one attached hydrogen (secondary N) is 1. The molecule has 0 aliphatic carbocycles. The largest absolute Gasteiger partial charge is 0.311 e. The first-order valence-electron chi connectivity index (χ1n) is 6.49. The second-order valence-electron chi connectivity index (χ2n) is 4.90. The summed E-state index contributed by atoms with van der Waals surface area (Å²) in [6.45, 7) is 7.37. The van der Waals surface area contributed by atoms with Crippen molar-refractivity contribution >= 4 is 11.3 Å². The lowest BCUT2D eigenvalue weighted by molar-refractivity contribution is 0.518. The van der Waals surface area contributed by atoms with E-state index in [0.717, 1.165) is 26.1 Å². The molecule has 0 atom stereocenters. The average molecular weight is 263 g/mol. The van der Waals surface area contributed by atoms with Gasteiger partial charge in [0.1, 0.15) is 0 Å². The molecule has 2 aromatic rings. The number of rotatable bonds is 7. The Bertz CT molecular complexity index is 445. The van der Waals surface area contributed by atoms with E-state index in [1.54, 1.807) is 0 Å². The second-order valence-corrected chi connectivity index (χ2v) is 5.93. The molecule has 0 unspecified atom stereocenters. The highest BCUT2D eigenvalue weighted by Gasteiger charge is 2.03. The first-order valence-corrected chi connectivity index (χ1v) is 7.37. The van der Waals surface area contributed by atoms with Gasteiger partial charge in [-0.15, -0.1) is 11.3 Å². The van der Waals surface area contributed by atoms with Gasteiger partial charge in [-0.1, -0.05) is 19.9 Å². The molecular formula is C14H21N3S. The SMILES string of the molecule is CC(C)CNCc1ccnn1CCc1cccs1. The van der Waals surface area contributed by atoms with Crippen LogP contribution in [0.4, 0.5) is 0 Å². The summed E-state index contributed by atoms with van der Waals surface area (Å²) in [4.78, 5) is 1.42. The molecule has 0 saturated carbocycles. The van der Waals surface area contributed by atoms with Crippen molar-refractivity contribution in [2.45, 2.75) is 33.4 Å². The normalized spacial score (nSPS) is 11.3. The molecule has 0 amide bonds. The summed E-state index contributed by atoms with van der Waals surface area (Å²) in [5, 5.41) is 9.99. The maximum absolute atomic E-state index is 4.39. The standard InChI is InChI=1S/C14H21N3S/c1-12(2)10-15-11-13-5-7-16-17(13)8-6-14-4-3-9-18-14/h3-5,7,9,12,15H,6,8,10-11H2,1-2H3. The molecule has 0 saturated heterocycles. The molecule has 0 aromatic carbocycles. The number of nitrogens with zero attached hydrogens (tertiary/aromatic N) is 2. The van der Waals surface area contributed by atoms with Gasteiger partial charge in [0.05, 0.1) is 5.69 Å². The summed E-state index contributed by atoms with van der Waals surface area (Å²) in [5.74, 6) is 0.687. The molecule has 2 aromatic heterocycles. The molecule has 0 aliphatic rings. The molecule has 1 N–H and O–H groups in total. The molecule has 18 heavy (non-hydrogen) atoms. The molecule has 4 heteroatoms. The zero-order valence-electron chi connectivity index (χ0n) is 11.1. The van der Waals surface area contributed by atoms with Crippen LogP contribution in [-0.2, 0) is 19.5 Å². The number of aromatic nitrogens is 2. The topological polar surface area (TPSA) is 29.9 Å². The van der Waals surface area contributed by atoms with Gasteiger partial charge in [0, 0.05) is 30.6 Å². The van der Waals surface area contributed by atoms with Gasteiger partial charge < -0.3 is 5.32 Å². The van der Waals surface area contributed by atoms with Crippen molar-refractivity contribution in [3.05, 3.63) is 40.3 Å². The highest BCUT2D eigenvalue weighted by Crippen LogP contribution is 2.10. The minimum atomic E-state index is 0.687. The van der Waals surface area contributed by atoms with Gasteiger partial charge in [0.2, 0.25) is 0 Å². The minimum Gasteiger partial charge on any atom is -0.311 e. The van der Waals surface area contributed by atoms with Crippen LogP contribution in [0.1, 0.15) is 24.4 Å². The van der Waals surface area contributed by atoms with Crippen LogP contribution in [0.15, 0.2) is 29.8 Å². The quantitative estimate of drug-likeness (QED) is 0.832. The van der Waals surface area contributed by atoms with Crippen molar-refractivity contribution < 1.29 is 0 Å². The molecule has 3 nitrogen and oxygen atoms in total. The second kappa shape index (κ2) is 6.71. The van der Waals surface area contributed by atoms with E-state index in [9.17, 15) is 0 Å². The fourth-order valence-corrected chi connectivity index (χ4v) is 2.57. The van der Waals surface area contributed by atoms with Crippen molar-refractivity contribution in [1.29, 1.82) is 0 Å². The van der Waals surface area contributed by atoms with Crippen LogP contribution in [0.25, 0.3) is 0 Å². The maximum Gasteiger partial charge on any atom is 0.0522 e.